The van der Waals surface area contributed by atoms with Crippen molar-refractivity contribution in [2.75, 3.05) is 0 Å². The fraction of sp³-hybridized carbons (Fsp3) is 0.533. The third-order valence-corrected chi connectivity index (χ3v) is 9.20. The van der Waals surface area contributed by atoms with Gasteiger partial charge in [0.1, 0.15) is 17.3 Å². The molecule has 2 aliphatic rings. The standard InChI is InChI=1S/C15H14N2OS.C9H15NO3.C6H13NO2S/c1-10(2)18-15-14(13-8-5-9-19-13)16-11-6-3-4-7-12(11)17-15;1-5(2)6(11)7-9(3,4)13-8(12)10-7;1-5(2)7-10(8,9)6-3-4-6/h3-10H,1-2H3;5,7H,1-4H3,(H,10,12);5-7H,3-4H2,1-2H3/t;7-;/m.1./s1. The van der Waals surface area contributed by atoms with Crippen molar-refractivity contribution in [3.8, 4) is 16.5 Å². The minimum atomic E-state index is -2.94. The molecule has 2 N–H and O–H groups in total. The fourth-order valence-corrected chi connectivity index (χ4v) is 6.34. The maximum Gasteiger partial charge on any atom is 0.408 e. The molecule has 2 fully saturated rings. The maximum atomic E-state index is 11.6. The highest BCUT2D eigenvalue weighted by Gasteiger charge is 2.46. The number of hydrogen-bond acceptors (Lipinski definition) is 9. The number of para-hydroxylation sites is 2. The van der Waals surface area contributed by atoms with Gasteiger partial charge < -0.3 is 14.8 Å². The average Bonchev–Trinajstić information content (AvgIpc) is 3.54. The first-order chi connectivity index (χ1) is 19.6. The Morgan fingerprint density at radius 3 is 2.12 bits per heavy atom. The van der Waals surface area contributed by atoms with Crippen LogP contribution in [0, 0.1) is 5.92 Å². The highest BCUT2D eigenvalue weighted by Crippen LogP contribution is 2.32. The number of carbonyl (C=O) groups excluding carboxylic acids is 2. The van der Waals surface area contributed by atoms with Gasteiger partial charge >= 0.3 is 6.09 Å². The van der Waals surface area contributed by atoms with Gasteiger partial charge in [0.25, 0.3) is 0 Å². The summed E-state index contributed by atoms with van der Waals surface area (Å²) in [6, 6.07) is 11.4. The molecule has 0 radical (unpaired) electrons. The number of nitrogens with one attached hydrogen (secondary N) is 2. The first-order valence-corrected chi connectivity index (χ1v) is 16.5. The topological polar surface area (TPSA) is 137 Å². The Balaban J connectivity index is 0.000000184. The van der Waals surface area contributed by atoms with Gasteiger partial charge in [-0.15, -0.1) is 11.3 Å². The average molecular weight is 619 g/mol. The number of ether oxygens (including phenoxy) is 2. The number of ketones is 1. The van der Waals surface area contributed by atoms with E-state index in [0.717, 1.165) is 34.4 Å². The highest BCUT2D eigenvalue weighted by atomic mass is 32.2. The molecule has 1 aliphatic carbocycles. The van der Waals surface area contributed by atoms with Gasteiger partial charge in [-0.25, -0.2) is 27.9 Å². The monoisotopic (exact) mass is 618 g/mol. The van der Waals surface area contributed by atoms with E-state index in [4.69, 9.17) is 14.5 Å². The van der Waals surface area contributed by atoms with Crippen molar-refractivity contribution < 1.29 is 27.5 Å². The minimum absolute atomic E-state index is 0.0100. The van der Waals surface area contributed by atoms with Crippen LogP contribution in [0.1, 0.15) is 68.2 Å². The van der Waals surface area contributed by atoms with Crippen molar-refractivity contribution in [1.29, 1.82) is 0 Å². The zero-order valence-corrected chi connectivity index (χ0v) is 27.1. The molecule has 0 spiro atoms. The Morgan fingerprint density at radius 2 is 1.67 bits per heavy atom. The number of carbonyl (C=O) groups is 2. The molecule has 3 aromatic rings. The minimum Gasteiger partial charge on any atom is -0.473 e. The largest absolute Gasteiger partial charge is 0.473 e. The van der Waals surface area contributed by atoms with Gasteiger partial charge in [0.15, 0.2) is 5.78 Å². The summed E-state index contributed by atoms with van der Waals surface area (Å²) >= 11 is 1.64. The number of aromatic nitrogens is 2. The van der Waals surface area contributed by atoms with Crippen molar-refractivity contribution in [3.05, 3.63) is 41.8 Å². The molecule has 1 aliphatic heterocycles. The zero-order valence-electron chi connectivity index (χ0n) is 25.5. The number of fused-ring (bicyclic) bond motifs is 1. The van der Waals surface area contributed by atoms with Gasteiger partial charge in [0.05, 0.1) is 27.3 Å². The van der Waals surface area contributed by atoms with Gasteiger partial charge in [-0.1, -0.05) is 32.0 Å². The van der Waals surface area contributed by atoms with E-state index in [1.807, 2.05) is 83.3 Å². The fourth-order valence-electron chi connectivity index (χ4n) is 4.03. The van der Waals surface area contributed by atoms with Crippen molar-refractivity contribution in [1.82, 2.24) is 20.0 Å². The Kier molecular flexibility index (Phi) is 11.1. The normalized spacial score (nSPS) is 17.7. The first kappa shape index (κ1) is 33.4. The molecule has 5 rings (SSSR count). The maximum absolute atomic E-state index is 11.6. The van der Waals surface area contributed by atoms with Crippen LogP contribution in [0.15, 0.2) is 41.8 Å². The van der Waals surface area contributed by atoms with Crippen LogP contribution in [0.4, 0.5) is 4.79 Å². The number of nitrogens with zero attached hydrogens (tertiary/aromatic N) is 2. The van der Waals surface area contributed by atoms with E-state index >= 15 is 0 Å². The Labute approximate surface area is 252 Å². The Bertz CT molecular complexity index is 1470. The third-order valence-electron chi connectivity index (χ3n) is 6.17. The summed E-state index contributed by atoms with van der Waals surface area (Å²) in [5.74, 6) is 0.526. The lowest BCUT2D eigenvalue weighted by Crippen LogP contribution is -2.46. The highest BCUT2D eigenvalue weighted by molar-refractivity contribution is 7.90. The van der Waals surface area contributed by atoms with Crippen LogP contribution in [0.2, 0.25) is 0 Å². The van der Waals surface area contributed by atoms with Crippen molar-refractivity contribution in [2.45, 2.75) is 97.3 Å². The summed E-state index contributed by atoms with van der Waals surface area (Å²) in [6.07, 6.45) is 1.24. The lowest BCUT2D eigenvalue weighted by Gasteiger charge is -2.23. The SMILES string of the molecule is CC(C)C(=O)[C@H]1NC(=O)OC1(C)C.CC(C)NS(=O)(=O)C1CC1.CC(C)Oc1nc2ccccc2nc1-c1cccs1. The molecule has 42 heavy (non-hydrogen) atoms. The van der Waals surface area contributed by atoms with E-state index in [-0.39, 0.29) is 29.1 Å². The second kappa shape index (κ2) is 13.9. The number of sulfonamides is 1. The summed E-state index contributed by atoms with van der Waals surface area (Å²) < 4.78 is 35.5. The van der Waals surface area contributed by atoms with Gasteiger partial charge in [-0.3, -0.25) is 4.79 Å². The summed E-state index contributed by atoms with van der Waals surface area (Å²) in [7, 11) is -2.94. The van der Waals surface area contributed by atoms with E-state index in [2.05, 4.69) is 15.0 Å². The van der Waals surface area contributed by atoms with E-state index in [1.54, 1.807) is 25.2 Å². The van der Waals surface area contributed by atoms with Crippen molar-refractivity contribution >= 4 is 44.3 Å². The van der Waals surface area contributed by atoms with Crippen molar-refractivity contribution in [3.63, 3.8) is 0 Å². The number of hydrogen-bond donors (Lipinski definition) is 2. The quantitative estimate of drug-likeness (QED) is 0.327. The van der Waals surface area contributed by atoms with Crippen molar-refractivity contribution in [2.24, 2.45) is 5.92 Å². The summed E-state index contributed by atoms with van der Waals surface area (Å²) in [5.41, 5.74) is 1.85. The van der Waals surface area contributed by atoms with E-state index < -0.39 is 27.8 Å². The summed E-state index contributed by atoms with van der Waals surface area (Å²) in [6.45, 7) is 14.7. The molecule has 1 atom stereocenters. The lowest BCUT2D eigenvalue weighted by molar-refractivity contribution is -0.126. The van der Waals surface area contributed by atoms with E-state index in [9.17, 15) is 18.0 Å². The molecule has 0 bridgehead atoms. The lowest BCUT2D eigenvalue weighted by atomic mass is 9.90. The number of thiophene rings is 1. The molecule has 12 heteroatoms. The molecule has 1 amide bonds. The summed E-state index contributed by atoms with van der Waals surface area (Å²) in [5, 5.41) is 4.46. The van der Waals surface area contributed by atoms with Gasteiger partial charge in [0, 0.05) is 12.0 Å². The van der Waals surface area contributed by atoms with E-state index in [0.29, 0.717) is 5.88 Å². The molecule has 0 unspecified atom stereocenters. The van der Waals surface area contributed by atoms with Gasteiger partial charge in [-0.2, -0.15) is 0 Å². The van der Waals surface area contributed by atoms with Crippen LogP contribution in [0.3, 0.4) is 0 Å². The second-order valence-electron chi connectivity index (χ2n) is 11.7. The first-order valence-electron chi connectivity index (χ1n) is 14.1. The molecule has 2 aromatic heterocycles. The van der Waals surface area contributed by atoms with Crippen LogP contribution >= 0.6 is 11.3 Å². The predicted octanol–water partition coefficient (Wildman–Crippen LogP) is 5.72. The molecule has 1 aromatic carbocycles. The number of alkyl carbamates (subject to hydrolysis) is 1. The number of amides is 1. The number of Topliss-reactive ketones (excluding diaryl/α,β-unsaturated/α-hetero) is 1. The number of rotatable bonds is 8. The Hall–Kier alpha value is -3.09. The second-order valence-corrected chi connectivity index (χ2v) is 14.6. The third kappa shape index (κ3) is 9.20. The number of benzene rings is 1. The molecular weight excluding hydrogens is 576 g/mol. The van der Waals surface area contributed by atoms with Gasteiger partial charge in [-0.05, 0) is 78.0 Å². The number of cyclic esters (lactones) is 1. The molecule has 3 heterocycles. The smallest absolute Gasteiger partial charge is 0.408 e. The van der Waals surface area contributed by atoms with Crippen LogP contribution in [0.5, 0.6) is 5.88 Å². The predicted molar refractivity (Wildman–Crippen MR) is 166 cm³/mol. The summed E-state index contributed by atoms with van der Waals surface area (Å²) in [4.78, 5) is 32.9. The van der Waals surface area contributed by atoms with Crippen LogP contribution in [0.25, 0.3) is 21.6 Å². The molecule has 10 nitrogen and oxygen atoms in total. The molecular formula is C30H42N4O6S2. The van der Waals surface area contributed by atoms with E-state index in [1.165, 1.54) is 0 Å². The van der Waals surface area contributed by atoms with Crippen LogP contribution in [-0.4, -0.2) is 59.3 Å². The van der Waals surface area contributed by atoms with Crippen LogP contribution < -0.4 is 14.8 Å². The molecule has 230 valence electrons. The van der Waals surface area contributed by atoms with Crippen LogP contribution in [-0.2, 0) is 19.6 Å². The zero-order chi connectivity index (χ0) is 31.2. The molecule has 1 saturated carbocycles. The molecule has 1 saturated heterocycles. The van der Waals surface area contributed by atoms with Gasteiger partial charge in [0.2, 0.25) is 15.9 Å². The Morgan fingerprint density at radius 1 is 1.05 bits per heavy atom.